The second-order valence-electron chi connectivity index (χ2n) is 8.18. The minimum Gasteiger partial charge on any atom is -0.444 e. The van der Waals surface area contributed by atoms with E-state index in [-0.39, 0.29) is 17.8 Å². The molecule has 0 atom stereocenters. The maximum absolute atomic E-state index is 12.9. The molecule has 1 spiro atoms. The number of rotatable bonds is 1. The van der Waals surface area contributed by atoms with E-state index in [2.05, 4.69) is 0 Å². The number of nitrogens with zero attached hydrogens (tertiary/aromatic N) is 2. The molecule has 3 aliphatic heterocycles. The van der Waals surface area contributed by atoms with Crippen molar-refractivity contribution < 1.29 is 22.7 Å². The largest absolute Gasteiger partial charge is 0.444 e. The second kappa shape index (κ2) is 6.00. The quantitative estimate of drug-likeness (QED) is 0.704. The summed E-state index contributed by atoms with van der Waals surface area (Å²) in [5, 5.41) is 1.25. The van der Waals surface area contributed by atoms with E-state index in [0.717, 1.165) is 0 Å². The normalized spacial score (nSPS) is 25.4. The van der Waals surface area contributed by atoms with E-state index in [4.69, 9.17) is 4.74 Å². The van der Waals surface area contributed by atoms with E-state index >= 15 is 0 Å². The van der Waals surface area contributed by atoms with Crippen LogP contribution in [0.2, 0.25) is 0 Å². The summed E-state index contributed by atoms with van der Waals surface area (Å²) in [6, 6.07) is 0. The van der Waals surface area contributed by atoms with Crippen molar-refractivity contribution >= 4 is 21.8 Å². The molecule has 0 aliphatic carbocycles. The van der Waals surface area contributed by atoms with Gasteiger partial charge in [-0.2, -0.15) is 0 Å². The summed E-state index contributed by atoms with van der Waals surface area (Å²) in [5.74, 6) is 0.102. The van der Waals surface area contributed by atoms with Crippen LogP contribution in [0.15, 0.2) is 11.1 Å². The highest BCUT2D eigenvalue weighted by atomic mass is 32.2. The summed E-state index contributed by atoms with van der Waals surface area (Å²) in [6.07, 6.45) is 1.98. The Kier molecular flexibility index (Phi) is 4.38. The standard InChI is InChI=1S/C17H26N2O5S/c1-16(2,3)24-15(21)18-8-5-17(6-9-18)7-10-19(14(17)20)13-4-11-25(22,23)12-13/h12H,4-11H2,1-3H3. The minimum atomic E-state index is -3.16. The Morgan fingerprint density at radius 1 is 1.16 bits per heavy atom. The first-order valence-corrected chi connectivity index (χ1v) is 10.5. The van der Waals surface area contributed by atoms with E-state index < -0.39 is 20.9 Å². The molecule has 25 heavy (non-hydrogen) atoms. The molecule has 0 aromatic heterocycles. The lowest BCUT2D eigenvalue weighted by molar-refractivity contribution is -0.136. The fourth-order valence-electron chi connectivity index (χ4n) is 3.77. The number of sulfone groups is 1. The molecule has 8 heteroatoms. The van der Waals surface area contributed by atoms with Gasteiger partial charge in [0, 0.05) is 31.8 Å². The van der Waals surface area contributed by atoms with Crippen molar-refractivity contribution in [3.05, 3.63) is 11.1 Å². The summed E-state index contributed by atoms with van der Waals surface area (Å²) in [4.78, 5) is 28.4. The summed E-state index contributed by atoms with van der Waals surface area (Å²) >= 11 is 0. The Balaban J connectivity index is 1.64. The van der Waals surface area contributed by atoms with Crippen molar-refractivity contribution in [2.75, 3.05) is 25.4 Å². The van der Waals surface area contributed by atoms with Crippen LogP contribution in [-0.2, 0) is 19.4 Å². The van der Waals surface area contributed by atoms with Gasteiger partial charge >= 0.3 is 6.09 Å². The van der Waals surface area contributed by atoms with Gasteiger partial charge in [0.15, 0.2) is 9.84 Å². The van der Waals surface area contributed by atoms with Crippen molar-refractivity contribution in [3.63, 3.8) is 0 Å². The first kappa shape index (κ1) is 18.2. The molecule has 0 saturated carbocycles. The van der Waals surface area contributed by atoms with Crippen molar-refractivity contribution in [1.29, 1.82) is 0 Å². The van der Waals surface area contributed by atoms with Gasteiger partial charge in [-0.15, -0.1) is 0 Å². The maximum atomic E-state index is 12.9. The number of carbonyl (C=O) groups is 2. The van der Waals surface area contributed by atoms with E-state index in [1.165, 1.54) is 5.41 Å². The van der Waals surface area contributed by atoms with Gasteiger partial charge in [-0.25, -0.2) is 13.2 Å². The molecule has 3 heterocycles. The Morgan fingerprint density at radius 3 is 2.28 bits per heavy atom. The third kappa shape index (κ3) is 3.68. The fraction of sp³-hybridized carbons (Fsp3) is 0.765. The highest BCUT2D eigenvalue weighted by Gasteiger charge is 2.50. The fourth-order valence-corrected chi connectivity index (χ4v) is 5.04. The SMILES string of the molecule is CC(C)(C)OC(=O)N1CCC2(CC1)CCN(C1=CS(=O)(=O)CC1)C2=O. The smallest absolute Gasteiger partial charge is 0.410 e. The molecule has 0 unspecified atom stereocenters. The molecule has 3 rings (SSSR count). The number of carbonyl (C=O) groups excluding carboxylic acids is 2. The molecular formula is C17H26N2O5S. The zero-order chi connectivity index (χ0) is 18.5. The first-order valence-electron chi connectivity index (χ1n) is 8.75. The second-order valence-corrected chi connectivity index (χ2v) is 10.2. The van der Waals surface area contributed by atoms with Gasteiger partial charge < -0.3 is 14.5 Å². The molecule has 2 amide bonds. The van der Waals surface area contributed by atoms with Crippen molar-refractivity contribution in [2.24, 2.45) is 5.41 Å². The van der Waals surface area contributed by atoms with Crippen molar-refractivity contribution in [3.8, 4) is 0 Å². The van der Waals surface area contributed by atoms with Crippen LogP contribution in [0.5, 0.6) is 0 Å². The van der Waals surface area contributed by atoms with E-state index in [9.17, 15) is 18.0 Å². The number of hydrogen-bond acceptors (Lipinski definition) is 5. The summed E-state index contributed by atoms with van der Waals surface area (Å²) in [6.45, 7) is 7.04. The lowest BCUT2D eigenvalue weighted by Gasteiger charge is -2.38. The minimum absolute atomic E-state index is 0.0136. The van der Waals surface area contributed by atoms with Gasteiger partial charge in [0.2, 0.25) is 5.91 Å². The van der Waals surface area contributed by atoms with E-state index in [0.29, 0.717) is 51.0 Å². The zero-order valence-corrected chi connectivity index (χ0v) is 15.9. The van der Waals surface area contributed by atoms with Crippen LogP contribution in [0.4, 0.5) is 4.79 Å². The molecule has 0 N–H and O–H groups in total. The van der Waals surface area contributed by atoms with Crippen LogP contribution in [0.25, 0.3) is 0 Å². The van der Waals surface area contributed by atoms with Gasteiger partial charge in [-0.1, -0.05) is 0 Å². The predicted octanol–water partition coefficient (Wildman–Crippen LogP) is 1.90. The highest BCUT2D eigenvalue weighted by molar-refractivity contribution is 7.94. The Morgan fingerprint density at radius 2 is 1.76 bits per heavy atom. The number of piperidine rings is 1. The van der Waals surface area contributed by atoms with Crippen molar-refractivity contribution in [2.45, 2.75) is 52.1 Å². The summed E-state index contributed by atoms with van der Waals surface area (Å²) < 4.78 is 28.7. The van der Waals surface area contributed by atoms with Crippen LogP contribution < -0.4 is 0 Å². The van der Waals surface area contributed by atoms with Gasteiger partial charge in [-0.05, 0) is 40.0 Å². The molecule has 0 bridgehead atoms. The Hall–Kier alpha value is -1.57. The molecule has 0 aromatic carbocycles. The summed E-state index contributed by atoms with van der Waals surface area (Å²) in [7, 11) is -3.16. The van der Waals surface area contributed by atoms with Crippen LogP contribution >= 0.6 is 0 Å². The van der Waals surface area contributed by atoms with Crippen LogP contribution in [0, 0.1) is 5.41 Å². The predicted molar refractivity (Wildman–Crippen MR) is 92.3 cm³/mol. The third-order valence-electron chi connectivity index (χ3n) is 5.19. The van der Waals surface area contributed by atoms with Gasteiger partial charge in [0.1, 0.15) is 5.60 Å². The average molecular weight is 370 g/mol. The van der Waals surface area contributed by atoms with Crippen LogP contribution in [0.1, 0.15) is 46.5 Å². The van der Waals surface area contributed by atoms with E-state index in [1.807, 2.05) is 20.8 Å². The first-order chi connectivity index (χ1) is 11.5. The molecule has 140 valence electrons. The lowest BCUT2D eigenvalue weighted by Crippen LogP contribution is -2.47. The van der Waals surface area contributed by atoms with Crippen LogP contribution in [-0.4, -0.2) is 61.2 Å². The molecule has 7 nitrogen and oxygen atoms in total. The molecular weight excluding hydrogens is 344 g/mol. The topological polar surface area (TPSA) is 84.0 Å². The number of amides is 2. The molecule has 3 aliphatic rings. The number of ether oxygens (including phenoxy) is 1. The number of allylic oxidation sites excluding steroid dienone is 1. The molecule has 2 fully saturated rings. The Labute approximate surface area is 148 Å². The van der Waals surface area contributed by atoms with Crippen molar-refractivity contribution in [1.82, 2.24) is 9.80 Å². The maximum Gasteiger partial charge on any atom is 0.410 e. The monoisotopic (exact) mass is 370 g/mol. The van der Waals surface area contributed by atoms with Gasteiger partial charge in [-0.3, -0.25) is 4.79 Å². The Bertz CT molecular complexity index is 712. The van der Waals surface area contributed by atoms with Gasteiger partial charge in [0.25, 0.3) is 0 Å². The van der Waals surface area contributed by atoms with E-state index in [1.54, 1.807) is 9.80 Å². The average Bonchev–Trinajstić information content (AvgIpc) is 2.99. The third-order valence-corrected chi connectivity index (χ3v) is 6.59. The number of likely N-dealkylation sites (tertiary alicyclic amines) is 2. The molecule has 0 radical (unpaired) electrons. The molecule has 0 aromatic rings. The summed E-state index contributed by atoms with van der Waals surface area (Å²) in [5.41, 5.74) is -0.380. The number of hydrogen-bond donors (Lipinski definition) is 0. The highest BCUT2D eigenvalue weighted by Crippen LogP contribution is 2.44. The van der Waals surface area contributed by atoms with Crippen LogP contribution in [0.3, 0.4) is 0 Å². The lowest BCUT2D eigenvalue weighted by atomic mass is 9.77. The molecule has 2 saturated heterocycles. The zero-order valence-electron chi connectivity index (χ0n) is 15.1. The van der Waals surface area contributed by atoms with Gasteiger partial charge in [0.05, 0.1) is 16.6 Å².